The molecule has 0 spiro atoms. The average Bonchev–Trinajstić information content (AvgIpc) is 2.99. The van der Waals surface area contributed by atoms with Crippen LogP contribution >= 0.6 is 0 Å². The summed E-state index contributed by atoms with van der Waals surface area (Å²) in [5.41, 5.74) is 2.23. The SMILES string of the molecule is CS(=O)(=O)NCCCc1ccc(N2C(=O)C(CCC(O)c3ccc(F)cc3)C2c2ccc(CC(O)(CO)CO)cc2)cc1. The van der Waals surface area contributed by atoms with Gasteiger partial charge in [-0.2, -0.15) is 0 Å². The van der Waals surface area contributed by atoms with Gasteiger partial charge in [0.05, 0.1) is 37.5 Å². The summed E-state index contributed by atoms with van der Waals surface area (Å²) in [4.78, 5) is 15.2. The largest absolute Gasteiger partial charge is 0.393 e. The van der Waals surface area contributed by atoms with Crippen LogP contribution in [0.1, 0.15) is 53.7 Å². The highest BCUT2D eigenvalue weighted by atomic mass is 32.2. The van der Waals surface area contributed by atoms with E-state index in [4.69, 9.17) is 0 Å². The number of aliphatic hydroxyl groups is 4. The number of halogens is 1. The van der Waals surface area contributed by atoms with Crippen molar-refractivity contribution >= 4 is 21.6 Å². The maximum atomic E-state index is 13.5. The van der Waals surface area contributed by atoms with Gasteiger partial charge in [0, 0.05) is 18.7 Å². The van der Waals surface area contributed by atoms with Crippen LogP contribution in [-0.4, -0.2) is 66.4 Å². The third kappa shape index (κ3) is 8.47. The molecule has 11 heteroatoms. The number of rotatable bonds is 15. The van der Waals surface area contributed by atoms with Crippen LogP contribution in [0.5, 0.6) is 0 Å². The van der Waals surface area contributed by atoms with Crippen LogP contribution in [0.15, 0.2) is 72.8 Å². The highest BCUT2D eigenvalue weighted by molar-refractivity contribution is 7.88. The molecular formula is C32H39FN2O7S. The molecule has 3 atom stereocenters. The van der Waals surface area contributed by atoms with Crippen molar-refractivity contribution in [2.24, 2.45) is 5.92 Å². The second-order valence-electron chi connectivity index (χ2n) is 11.3. The molecule has 3 aromatic rings. The Morgan fingerprint density at radius 2 is 1.56 bits per heavy atom. The number of hydrogen-bond donors (Lipinski definition) is 5. The monoisotopic (exact) mass is 614 g/mol. The van der Waals surface area contributed by atoms with Crippen molar-refractivity contribution in [3.05, 3.63) is 101 Å². The highest BCUT2D eigenvalue weighted by Gasteiger charge is 2.48. The van der Waals surface area contributed by atoms with Crippen molar-refractivity contribution < 1.29 is 38.0 Å². The van der Waals surface area contributed by atoms with E-state index in [2.05, 4.69) is 4.72 Å². The van der Waals surface area contributed by atoms with Crippen LogP contribution in [0.2, 0.25) is 0 Å². The van der Waals surface area contributed by atoms with Gasteiger partial charge in [-0.3, -0.25) is 4.79 Å². The molecule has 4 rings (SSSR count). The van der Waals surface area contributed by atoms with Crippen molar-refractivity contribution in [2.75, 3.05) is 30.9 Å². The average molecular weight is 615 g/mol. The summed E-state index contributed by atoms with van der Waals surface area (Å²) in [6.45, 7) is -0.833. The van der Waals surface area contributed by atoms with Gasteiger partial charge in [-0.1, -0.05) is 48.5 Å². The maximum absolute atomic E-state index is 13.5. The fourth-order valence-corrected chi connectivity index (χ4v) is 5.95. The van der Waals surface area contributed by atoms with E-state index in [1.54, 1.807) is 17.0 Å². The number of carbonyl (C=O) groups excluding carboxylic acids is 1. The Morgan fingerprint density at radius 1 is 0.953 bits per heavy atom. The van der Waals surface area contributed by atoms with Crippen molar-refractivity contribution in [3.63, 3.8) is 0 Å². The Morgan fingerprint density at radius 3 is 2.14 bits per heavy atom. The molecule has 0 saturated carbocycles. The highest BCUT2D eigenvalue weighted by Crippen LogP contribution is 2.46. The Bertz CT molecular complexity index is 1460. The zero-order chi connectivity index (χ0) is 31.2. The minimum Gasteiger partial charge on any atom is -0.393 e. The Hall–Kier alpha value is -3.19. The normalized spacial score (nSPS) is 18.0. The number of hydrogen-bond acceptors (Lipinski definition) is 7. The summed E-state index contributed by atoms with van der Waals surface area (Å²) in [6, 6.07) is 20.2. The zero-order valence-electron chi connectivity index (χ0n) is 24.1. The van der Waals surface area contributed by atoms with E-state index < -0.39 is 46.7 Å². The Balaban J connectivity index is 1.51. The lowest BCUT2D eigenvalue weighted by molar-refractivity contribution is -0.131. The molecule has 0 bridgehead atoms. The second-order valence-corrected chi connectivity index (χ2v) is 13.1. The zero-order valence-corrected chi connectivity index (χ0v) is 24.9. The molecule has 1 aliphatic rings. The number of benzene rings is 3. The third-order valence-corrected chi connectivity index (χ3v) is 8.61. The lowest BCUT2D eigenvalue weighted by Crippen LogP contribution is -2.55. The maximum Gasteiger partial charge on any atom is 0.233 e. The number of nitrogens with one attached hydrogen (secondary N) is 1. The summed E-state index contributed by atoms with van der Waals surface area (Å²) in [6.07, 6.45) is 2.34. The number of aliphatic hydroxyl groups excluding tert-OH is 3. The number of nitrogens with zero attached hydrogens (tertiary/aromatic N) is 1. The first-order valence-corrected chi connectivity index (χ1v) is 16.2. The smallest absolute Gasteiger partial charge is 0.233 e. The van der Waals surface area contributed by atoms with Crippen LogP contribution in [0, 0.1) is 11.7 Å². The van der Waals surface area contributed by atoms with Gasteiger partial charge in [0.2, 0.25) is 15.9 Å². The molecule has 1 heterocycles. The minimum atomic E-state index is -3.24. The van der Waals surface area contributed by atoms with E-state index in [1.165, 1.54) is 24.3 Å². The minimum absolute atomic E-state index is 0.0576. The summed E-state index contributed by atoms with van der Waals surface area (Å²) >= 11 is 0. The molecule has 3 unspecified atom stereocenters. The van der Waals surface area contributed by atoms with Gasteiger partial charge in [0.25, 0.3) is 0 Å². The fourth-order valence-electron chi connectivity index (χ4n) is 5.44. The second kappa shape index (κ2) is 14.1. The molecule has 1 aliphatic heterocycles. The van der Waals surface area contributed by atoms with Crippen LogP contribution in [0.4, 0.5) is 10.1 Å². The number of carbonyl (C=O) groups is 1. The molecule has 1 saturated heterocycles. The molecule has 0 aliphatic carbocycles. The van der Waals surface area contributed by atoms with Gasteiger partial charge in [-0.15, -0.1) is 0 Å². The summed E-state index contributed by atoms with van der Waals surface area (Å²) < 4.78 is 38.4. The molecule has 9 nitrogen and oxygen atoms in total. The lowest BCUT2D eigenvalue weighted by atomic mass is 9.78. The molecular weight excluding hydrogens is 575 g/mol. The number of β-lactam (4-membered cyclic amide) rings is 1. The van der Waals surface area contributed by atoms with Crippen molar-refractivity contribution in [1.29, 1.82) is 0 Å². The van der Waals surface area contributed by atoms with E-state index in [1.807, 2.05) is 36.4 Å². The number of anilines is 1. The Kier molecular flexibility index (Phi) is 10.7. The molecule has 0 radical (unpaired) electrons. The fraction of sp³-hybridized carbons (Fsp3) is 0.406. The van der Waals surface area contributed by atoms with E-state index in [9.17, 15) is 38.0 Å². The van der Waals surface area contributed by atoms with Crippen LogP contribution in [0.25, 0.3) is 0 Å². The molecule has 1 amide bonds. The lowest BCUT2D eigenvalue weighted by Gasteiger charge is -2.48. The van der Waals surface area contributed by atoms with E-state index in [-0.39, 0.29) is 18.4 Å². The molecule has 5 N–H and O–H groups in total. The van der Waals surface area contributed by atoms with Gasteiger partial charge >= 0.3 is 0 Å². The molecule has 43 heavy (non-hydrogen) atoms. The van der Waals surface area contributed by atoms with E-state index >= 15 is 0 Å². The number of aryl methyl sites for hydroxylation is 1. The first-order chi connectivity index (χ1) is 20.4. The first-order valence-electron chi connectivity index (χ1n) is 14.3. The standard InChI is InChI=1S/C32H39FN2O7S/c1-43(41,42)34-18-2-3-22-6-14-27(15-7-22)35-30(25-8-4-23(5-9-25)19-32(40,20-36)21-37)28(31(35)39)16-17-29(38)24-10-12-26(33)13-11-24/h4-15,28-30,34,36-38,40H,2-3,16-21H2,1H3. The quantitative estimate of drug-likeness (QED) is 0.131. The summed E-state index contributed by atoms with van der Waals surface area (Å²) in [7, 11) is -3.24. The van der Waals surface area contributed by atoms with Crippen molar-refractivity contribution in [2.45, 2.75) is 49.9 Å². The van der Waals surface area contributed by atoms with Crippen molar-refractivity contribution in [3.8, 4) is 0 Å². The molecule has 0 aromatic heterocycles. The molecule has 232 valence electrons. The predicted octanol–water partition coefficient (Wildman–Crippen LogP) is 2.78. The molecule has 1 fully saturated rings. The topological polar surface area (TPSA) is 147 Å². The Labute approximate surface area is 251 Å². The van der Waals surface area contributed by atoms with Crippen LogP contribution in [0.3, 0.4) is 0 Å². The number of sulfonamides is 1. The third-order valence-electron chi connectivity index (χ3n) is 7.88. The van der Waals surface area contributed by atoms with E-state index in [0.29, 0.717) is 49.0 Å². The number of amides is 1. The van der Waals surface area contributed by atoms with Gasteiger partial charge < -0.3 is 25.3 Å². The summed E-state index contributed by atoms with van der Waals surface area (Å²) in [5.74, 6) is -0.882. The van der Waals surface area contributed by atoms with Crippen LogP contribution < -0.4 is 9.62 Å². The van der Waals surface area contributed by atoms with Crippen molar-refractivity contribution in [1.82, 2.24) is 4.72 Å². The van der Waals surface area contributed by atoms with Gasteiger partial charge in [-0.05, 0) is 72.2 Å². The first kappa shape index (κ1) is 32.7. The summed E-state index contributed by atoms with van der Waals surface area (Å²) in [5, 5.41) is 39.9. The van der Waals surface area contributed by atoms with Crippen LogP contribution in [-0.2, 0) is 27.7 Å². The van der Waals surface area contributed by atoms with Gasteiger partial charge in [0.1, 0.15) is 11.4 Å². The molecule has 3 aromatic carbocycles. The van der Waals surface area contributed by atoms with Gasteiger partial charge in [0.15, 0.2) is 0 Å². The predicted molar refractivity (Wildman–Crippen MR) is 161 cm³/mol. The van der Waals surface area contributed by atoms with E-state index in [0.717, 1.165) is 17.4 Å². The van der Waals surface area contributed by atoms with Gasteiger partial charge in [-0.25, -0.2) is 17.5 Å².